The average Bonchev–Trinajstić information content (AvgIpc) is 2.25. The molecule has 4 N–H and O–H groups in total. The highest BCUT2D eigenvalue weighted by Gasteiger charge is 2.20. The molecule has 19 heavy (non-hydrogen) atoms. The molecule has 6 heteroatoms. The summed E-state index contributed by atoms with van der Waals surface area (Å²) in [6.07, 6.45) is 1.07. The molecule has 0 unspecified atom stereocenters. The third-order valence-electron chi connectivity index (χ3n) is 3.11. The van der Waals surface area contributed by atoms with E-state index < -0.39 is 6.10 Å². The molecule has 1 rings (SSSR count). The van der Waals surface area contributed by atoms with Crippen LogP contribution in [0.1, 0.15) is 39.4 Å². The Bertz CT molecular complexity index is 352. The van der Waals surface area contributed by atoms with Gasteiger partial charge in [0.1, 0.15) is 5.82 Å². The van der Waals surface area contributed by atoms with Crippen LogP contribution >= 0.6 is 24.8 Å². The number of aromatic nitrogens is 1. The van der Waals surface area contributed by atoms with Gasteiger partial charge in [0.2, 0.25) is 0 Å². The number of pyridine rings is 1. The van der Waals surface area contributed by atoms with Crippen molar-refractivity contribution in [2.45, 2.75) is 39.8 Å². The molecule has 0 bridgehead atoms. The monoisotopic (exact) mass is 309 g/mol. The molecule has 0 saturated heterocycles. The Kier molecular flexibility index (Phi) is 9.38. The minimum Gasteiger partial charge on any atom is -0.387 e. The molecule has 0 aliphatic rings. The number of nitrogens with one attached hydrogen (secondary N) is 1. The number of rotatable bonds is 4. The zero-order valence-corrected chi connectivity index (χ0v) is 13.5. The van der Waals surface area contributed by atoms with Gasteiger partial charge in [-0.05, 0) is 18.4 Å². The van der Waals surface area contributed by atoms with E-state index in [1.165, 1.54) is 0 Å². The highest BCUT2D eigenvalue weighted by Crippen LogP contribution is 2.19. The first-order chi connectivity index (χ1) is 7.80. The van der Waals surface area contributed by atoms with E-state index in [2.05, 4.69) is 38.0 Å². The fraction of sp³-hybridized carbons (Fsp3) is 0.615. The second kappa shape index (κ2) is 8.59. The van der Waals surface area contributed by atoms with Crippen LogP contribution in [0, 0.1) is 5.41 Å². The zero-order valence-electron chi connectivity index (χ0n) is 11.9. The number of hydrogen-bond acceptors (Lipinski definition) is 4. The van der Waals surface area contributed by atoms with Crippen molar-refractivity contribution in [2.75, 3.05) is 12.3 Å². The molecule has 1 aromatic rings. The summed E-state index contributed by atoms with van der Waals surface area (Å²) in [5, 5.41) is 13.3. The van der Waals surface area contributed by atoms with Crippen molar-refractivity contribution in [3.8, 4) is 0 Å². The van der Waals surface area contributed by atoms with Crippen molar-refractivity contribution >= 4 is 30.6 Å². The number of aliphatic hydroxyl groups is 1. The molecule has 0 amide bonds. The molecule has 0 radical (unpaired) electrons. The molecule has 0 aromatic carbocycles. The van der Waals surface area contributed by atoms with Gasteiger partial charge in [-0.2, -0.15) is 0 Å². The van der Waals surface area contributed by atoms with Crippen molar-refractivity contribution in [3.05, 3.63) is 23.9 Å². The third kappa shape index (κ3) is 6.97. The van der Waals surface area contributed by atoms with Gasteiger partial charge in [-0.25, -0.2) is 4.98 Å². The summed E-state index contributed by atoms with van der Waals surface area (Å²) in [7, 11) is 0. The molecule has 1 aromatic heterocycles. The van der Waals surface area contributed by atoms with Gasteiger partial charge >= 0.3 is 0 Å². The molecule has 0 spiro atoms. The highest BCUT2D eigenvalue weighted by atomic mass is 35.5. The van der Waals surface area contributed by atoms with Crippen LogP contribution in [0.25, 0.3) is 0 Å². The first-order valence-electron chi connectivity index (χ1n) is 5.93. The Morgan fingerprint density at radius 3 is 2.32 bits per heavy atom. The fourth-order valence-corrected chi connectivity index (χ4v) is 1.33. The van der Waals surface area contributed by atoms with Gasteiger partial charge in [0.05, 0.1) is 6.10 Å². The quantitative estimate of drug-likeness (QED) is 0.799. The normalized spacial score (nSPS) is 13.9. The highest BCUT2D eigenvalue weighted by molar-refractivity contribution is 5.85. The number of nitrogen functional groups attached to an aromatic ring is 1. The summed E-state index contributed by atoms with van der Waals surface area (Å²) in [6.45, 7) is 9.14. The lowest BCUT2D eigenvalue weighted by Crippen LogP contribution is -2.39. The predicted octanol–water partition coefficient (Wildman–Crippen LogP) is 2.57. The minimum absolute atomic E-state index is 0. The molecule has 0 fully saturated rings. The van der Waals surface area contributed by atoms with Crippen molar-refractivity contribution in [3.63, 3.8) is 0 Å². The molecule has 0 aliphatic carbocycles. The van der Waals surface area contributed by atoms with E-state index in [4.69, 9.17) is 5.73 Å². The van der Waals surface area contributed by atoms with Gasteiger partial charge in [0.25, 0.3) is 0 Å². The summed E-state index contributed by atoms with van der Waals surface area (Å²) in [6, 6.07) is 3.83. The Balaban J connectivity index is 0. The van der Waals surface area contributed by atoms with E-state index in [9.17, 15) is 5.11 Å². The molecule has 4 nitrogen and oxygen atoms in total. The number of anilines is 1. The number of aliphatic hydroxyl groups excluding tert-OH is 1. The lowest BCUT2D eigenvalue weighted by molar-refractivity contribution is 0.157. The number of halogens is 2. The second-order valence-electron chi connectivity index (χ2n) is 5.53. The maximum atomic E-state index is 9.98. The van der Waals surface area contributed by atoms with Crippen molar-refractivity contribution in [1.82, 2.24) is 10.3 Å². The summed E-state index contributed by atoms with van der Waals surface area (Å²) in [5.41, 5.74) is 6.46. The predicted molar refractivity (Wildman–Crippen MR) is 85.0 cm³/mol. The fourth-order valence-electron chi connectivity index (χ4n) is 1.33. The summed E-state index contributed by atoms with van der Waals surface area (Å²) >= 11 is 0. The molecule has 2 atom stereocenters. The van der Waals surface area contributed by atoms with E-state index in [0.717, 1.165) is 5.56 Å². The van der Waals surface area contributed by atoms with Crippen LogP contribution in [-0.2, 0) is 0 Å². The van der Waals surface area contributed by atoms with E-state index in [1.54, 1.807) is 18.3 Å². The van der Waals surface area contributed by atoms with E-state index in [1.807, 2.05) is 0 Å². The average molecular weight is 310 g/mol. The lowest BCUT2D eigenvalue weighted by Gasteiger charge is -2.29. The van der Waals surface area contributed by atoms with Crippen molar-refractivity contribution in [1.29, 1.82) is 0 Å². The molecular weight excluding hydrogens is 285 g/mol. The van der Waals surface area contributed by atoms with Gasteiger partial charge in [-0.1, -0.05) is 26.8 Å². The van der Waals surface area contributed by atoms with Gasteiger partial charge in [-0.15, -0.1) is 24.8 Å². The van der Waals surface area contributed by atoms with E-state index in [0.29, 0.717) is 18.4 Å². The van der Waals surface area contributed by atoms with Crippen LogP contribution in [0.3, 0.4) is 0 Å². The second-order valence-corrected chi connectivity index (χ2v) is 5.53. The SMILES string of the molecule is C[C@@H](NC[C@H](O)c1ccc(N)nc1)C(C)(C)C.Cl.Cl. The molecule has 1 heterocycles. The third-order valence-corrected chi connectivity index (χ3v) is 3.11. The molecule has 0 saturated carbocycles. The van der Waals surface area contributed by atoms with Crippen LogP contribution in [0.15, 0.2) is 18.3 Å². The first kappa shape index (κ1) is 20.8. The topological polar surface area (TPSA) is 71.2 Å². The van der Waals surface area contributed by atoms with Crippen LogP contribution in [0.5, 0.6) is 0 Å². The lowest BCUT2D eigenvalue weighted by atomic mass is 9.88. The Morgan fingerprint density at radius 1 is 1.32 bits per heavy atom. The Morgan fingerprint density at radius 2 is 1.89 bits per heavy atom. The summed E-state index contributed by atoms with van der Waals surface area (Å²) in [4.78, 5) is 3.97. The maximum absolute atomic E-state index is 9.98. The number of nitrogens with zero attached hydrogens (tertiary/aromatic N) is 1. The zero-order chi connectivity index (χ0) is 13.1. The van der Waals surface area contributed by atoms with Gasteiger partial charge in [0, 0.05) is 24.3 Å². The van der Waals surface area contributed by atoms with Gasteiger partial charge < -0.3 is 16.2 Å². The number of hydrogen-bond donors (Lipinski definition) is 3. The van der Waals surface area contributed by atoms with Crippen LogP contribution in [0.2, 0.25) is 0 Å². The Labute approximate surface area is 128 Å². The van der Waals surface area contributed by atoms with Gasteiger partial charge in [0.15, 0.2) is 0 Å². The van der Waals surface area contributed by atoms with Crippen molar-refractivity contribution < 1.29 is 5.11 Å². The first-order valence-corrected chi connectivity index (χ1v) is 5.93. The largest absolute Gasteiger partial charge is 0.387 e. The molecule has 112 valence electrons. The molecule has 0 aliphatic heterocycles. The standard InChI is InChI=1S/C13H23N3O.2ClH/c1-9(13(2,3)4)15-8-11(17)10-5-6-12(14)16-7-10;;/h5-7,9,11,15,17H,8H2,1-4H3,(H2,14,16);2*1H/t9-,11+;;/m1../s1. The summed E-state index contributed by atoms with van der Waals surface area (Å²) in [5.74, 6) is 0.469. The minimum atomic E-state index is -0.548. The maximum Gasteiger partial charge on any atom is 0.123 e. The molecular formula is C13H25Cl2N3O. The number of nitrogens with two attached hydrogens (primary N) is 1. The van der Waals surface area contributed by atoms with Crippen LogP contribution in [0.4, 0.5) is 5.82 Å². The van der Waals surface area contributed by atoms with E-state index >= 15 is 0 Å². The van der Waals surface area contributed by atoms with Crippen LogP contribution < -0.4 is 11.1 Å². The smallest absolute Gasteiger partial charge is 0.123 e. The van der Waals surface area contributed by atoms with E-state index in [-0.39, 0.29) is 30.2 Å². The van der Waals surface area contributed by atoms with Crippen LogP contribution in [-0.4, -0.2) is 22.7 Å². The van der Waals surface area contributed by atoms with Crippen molar-refractivity contribution in [2.24, 2.45) is 5.41 Å². The van der Waals surface area contributed by atoms with Gasteiger partial charge in [-0.3, -0.25) is 0 Å². The summed E-state index contributed by atoms with van der Waals surface area (Å²) < 4.78 is 0. The Hall–Kier alpha value is -0.550.